The van der Waals surface area contributed by atoms with E-state index in [9.17, 15) is 106 Å². The van der Waals surface area contributed by atoms with Crippen LogP contribution in [0.3, 0.4) is 0 Å². The van der Waals surface area contributed by atoms with E-state index in [0.29, 0.717) is 86.5 Å². The number of carbonyl (C=O) groups excluding carboxylic acids is 3. The summed E-state index contributed by atoms with van der Waals surface area (Å²) in [5.41, 5.74) is -2.39. The molecule has 0 aromatic rings. The molecule has 0 aromatic carbocycles. The van der Waals surface area contributed by atoms with Crippen LogP contribution in [0.2, 0.25) is 0 Å². The molecule has 0 radical (unpaired) electrons. The van der Waals surface area contributed by atoms with E-state index in [2.05, 4.69) is 150 Å². The number of aliphatic hydroxyl groups excluding tert-OH is 15. The quantitative estimate of drug-likeness (QED) is 0.0340. The van der Waals surface area contributed by atoms with Gasteiger partial charge in [0.25, 0.3) is 0 Å². The molecule has 4 heterocycles. The van der Waals surface area contributed by atoms with Crippen molar-refractivity contribution in [1.82, 2.24) is 0 Å². The molecule has 9 saturated carbocycles. The summed E-state index contributed by atoms with van der Waals surface area (Å²) in [4.78, 5) is 43.7. The molecule has 29 nitrogen and oxygen atoms in total. The molecule has 4 aliphatic heterocycles. The number of carbonyl (C=O) groups is 3. The fourth-order valence-corrected chi connectivity index (χ4v) is 34.7. The molecule has 29 heteroatoms. The number of rotatable bonds is 27. The highest BCUT2D eigenvalue weighted by Gasteiger charge is 2.75. The van der Waals surface area contributed by atoms with Crippen molar-refractivity contribution in [2.45, 2.75) is 499 Å². The molecule has 47 atom stereocenters. The molecule has 12 aliphatic carbocycles. The Morgan fingerprint density at radius 1 is 0.349 bits per heavy atom. The van der Waals surface area contributed by atoms with Crippen LogP contribution >= 0.6 is 0 Å². The Bertz CT molecular complexity index is 4620. The zero-order valence-electron chi connectivity index (χ0n) is 93.5. The van der Waals surface area contributed by atoms with Gasteiger partial charge < -0.3 is 130 Å². The van der Waals surface area contributed by atoms with Gasteiger partial charge in [0.1, 0.15) is 84.5 Å². The van der Waals surface area contributed by atoms with E-state index in [1.165, 1.54) is 16.7 Å². The Morgan fingerprint density at radius 2 is 0.678 bits per heavy atom. The molecule has 146 heavy (non-hydrogen) atoms. The van der Waals surface area contributed by atoms with Crippen LogP contribution in [0.1, 0.15) is 341 Å². The molecule has 16 rings (SSSR count). The van der Waals surface area contributed by atoms with Crippen molar-refractivity contribution in [3.05, 3.63) is 34.9 Å². The van der Waals surface area contributed by atoms with Gasteiger partial charge in [0, 0.05) is 63.6 Å². The molecule has 9 unspecified atom stereocenters. The second-order valence-electron chi connectivity index (χ2n) is 55.6. The third kappa shape index (κ3) is 19.9. The maximum Gasteiger partial charge on any atom is 0.187 e. The molecular formula is C117H196O29. The zero-order valence-corrected chi connectivity index (χ0v) is 93.5. The number of fused-ring (bicyclic) bond motifs is 15. The van der Waals surface area contributed by atoms with Gasteiger partial charge in [-0.15, -0.1) is 0 Å². The summed E-state index contributed by atoms with van der Waals surface area (Å²) in [5, 5.41) is 190. The summed E-state index contributed by atoms with van der Waals surface area (Å²) in [6, 6.07) is 0. The van der Waals surface area contributed by atoms with Gasteiger partial charge in [-0.1, -0.05) is 187 Å². The van der Waals surface area contributed by atoms with E-state index in [-0.39, 0.29) is 128 Å². The van der Waals surface area contributed by atoms with E-state index in [0.717, 1.165) is 103 Å². The molecule has 16 aliphatic rings. The summed E-state index contributed by atoms with van der Waals surface area (Å²) in [6.07, 6.45) is 1.33. The number of ketones is 3. The van der Waals surface area contributed by atoms with Crippen molar-refractivity contribution in [3.8, 4) is 0 Å². The minimum atomic E-state index is -1.67. The summed E-state index contributed by atoms with van der Waals surface area (Å²) in [7, 11) is 0. The Labute approximate surface area is 871 Å². The molecule has 0 bridgehead atoms. The van der Waals surface area contributed by atoms with Gasteiger partial charge in [-0.2, -0.15) is 0 Å². The van der Waals surface area contributed by atoms with Gasteiger partial charge in [0.15, 0.2) is 25.2 Å². The number of aliphatic hydroxyl groups is 18. The van der Waals surface area contributed by atoms with Gasteiger partial charge in [-0.3, -0.25) is 14.4 Å². The van der Waals surface area contributed by atoms with Crippen LogP contribution in [0, 0.1) is 154 Å². The van der Waals surface area contributed by atoms with Crippen LogP contribution in [0.15, 0.2) is 34.9 Å². The highest BCUT2D eigenvalue weighted by Crippen LogP contribution is 2.79. The fraction of sp³-hybridized carbons (Fsp3) is 0.923. The lowest BCUT2D eigenvalue weighted by Crippen LogP contribution is -2.64. The molecule has 0 aromatic heterocycles. The van der Waals surface area contributed by atoms with Gasteiger partial charge in [0.2, 0.25) is 0 Å². The van der Waals surface area contributed by atoms with Crippen molar-refractivity contribution in [1.29, 1.82) is 0 Å². The van der Waals surface area contributed by atoms with Crippen molar-refractivity contribution < 1.29 is 144 Å². The van der Waals surface area contributed by atoms with E-state index < -0.39 is 192 Å². The highest BCUT2D eigenvalue weighted by molar-refractivity contribution is 5.90. The Morgan fingerprint density at radius 3 is 1.05 bits per heavy atom. The van der Waals surface area contributed by atoms with Gasteiger partial charge in [-0.05, 0) is 279 Å². The number of hydrogen-bond donors (Lipinski definition) is 18. The third-order valence-corrected chi connectivity index (χ3v) is 46.0. The average molecular weight is 2070 g/mol. The van der Waals surface area contributed by atoms with Crippen molar-refractivity contribution in [2.75, 3.05) is 26.4 Å². The summed E-state index contributed by atoms with van der Waals surface area (Å²) in [6.45, 7) is 55.0. The Hall–Kier alpha value is -2.81. The maximum atomic E-state index is 14.6. The van der Waals surface area contributed by atoms with Gasteiger partial charge >= 0.3 is 0 Å². The smallest absolute Gasteiger partial charge is 0.187 e. The monoisotopic (exact) mass is 2070 g/mol. The second kappa shape index (κ2) is 42.5. The Kier molecular flexibility index (Phi) is 34.6. The molecule has 0 amide bonds. The predicted octanol–water partition coefficient (Wildman–Crippen LogP) is 12.2. The van der Waals surface area contributed by atoms with E-state index in [1.54, 1.807) is 41.5 Å². The Balaban J connectivity index is 0.000000175. The van der Waals surface area contributed by atoms with E-state index in [4.69, 9.17) is 37.9 Å². The zero-order chi connectivity index (χ0) is 108. The number of hydrogen-bond acceptors (Lipinski definition) is 29. The number of allylic oxidation sites excluding steroid dienone is 3. The molecule has 13 fully saturated rings. The van der Waals surface area contributed by atoms with Crippen LogP contribution in [-0.2, 0) is 52.3 Å². The standard InChI is InChI=1S/C43H72O13.2C37H62O8/c1-21(23-16-17-41(7)28-13-11-24-25(12-14-29(45)39(24,3)4)43(28,9)30(46)18-42(23,41)8)10-15-31(40(5,6)52)56-38-36(51)35(50)34(49)27(55-38)20-53-37-33(48)22(2)32(47)26(19-44)54-37;1-20(10-15-29(34(5,6)43)45-32-31(42)30(41)21(2)25(19-38)44-32)22-16-17-35(7)26-13-11-23-24(12-14-27(39)33(23,3)4)37(26,9)28(40)18-36(22,35)8;1-20(10-11-21(2)34(5,6)43)22-16-17-35(7)26-14-12-23-24(37(26,9)27(39)18-36(22,35)8)13-15-28(33(23,3)4)45-32-31(42)30(41)29(40)25(19-38)44-32/h11,21-23,25-29,31-38,44-45,47-52H,10,12-20H2,1-9H3;11,20-22,24-27,29-32,38-39,41-43H,10,12-19H2,1-9H3;12,20-22,24-26,28-32,38,40-43H,10-11,13-19H2,1-9H3/t21-,22+,23?,25?,26-,27-,28?,29+,31-,32+,33-,34-,35+,36-,37-,38+,41+,42-,43+;20-,21-,22?,24?,25-,26?,27+,29-,30+,31-,32+,35+,36-,37+;20-,21-,22?,24?,25-,26?,28+,29-,30+,31-,32+,35+,36-,37+/m111/s1. The minimum Gasteiger partial charge on any atom is -0.394 e. The van der Waals surface area contributed by atoms with Crippen LogP contribution in [0.4, 0.5) is 0 Å². The van der Waals surface area contributed by atoms with Crippen molar-refractivity contribution in [2.24, 2.45) is 154 Å². The SMILES string of the molecule is C[C@@H]1[C@@H](O)[C@H](OC[C@H]2O[C@@H](O[C@H](CC[C@@H](C)C3CC[C@@]4(C)C5CC=C6C(CC[C@H](O)C6(C)C)[C@]5(C)C(=O)C[C@]34C)C(C)(C)O)[C@H](O)[C@@H](O)[C@@H]2O)O[C@H](CO)[C@H]1O.C[C@H](CC[C@@H](C)C(C)(C)O)C1CC[C@@]2(C)C3CC=C4C(CC[C@H](O[C@@H]5O[C@H](CO)[C@@H](O)[C@H](O)[C@H]5O)C4(C)C)[C@]3(C)C(=O)C[C@]12C.C[C@H]1[C@H](O)[C@@H](O)[C@H](O[C@H](CC[C@@H](C)C2CC[C@@]3(C)C4CC=C5C(CC[C@H](O)C5(C)C)[C@]4(C)C(=O)C[C@]23C)C(C)(C)O)O[C@@H]1CO. The third-order valence-electron chi connectivity index (χ3n) is 46.0. The van der Waals surface area contributed by atoms with Gasteiger partial charge in [0.05, 0.1) is 92.1 Å². The lowest BCUT2D eigenvalue weighted by molar-refractivity contribution is -0.338. The largest absolute Gasteiger partial charge is 0.394 e. The maximum absolute atomic E-state index is 14.6. The second-order valence-corrected chi connectivity index (χ2v) is 55.6. The van der Waals surface area contributed by atoms with E-state index in [1.807, 2.05) is 13.8 Å². The normalized spacial score (nSPS) is 48.2. The lowest BCUT2D eigenvalue weighted by Gasteiger charge is -2.65. The first-order valence-corrected chi connectivity index (χ1v) is 56.5. The molecule has 838 valence electrons. The average Bonchev–Trinajstić information content (AvgIpc) is 1.44. The molecule has 0 spiro atoms. The highest BCUT2D eigenvalue weighted by atomic mass is 16.7. The van der Waals surface area contributed by atoms with Gasteiger partial charge in [-0.25, -0.2) is 0 Å². The predicted molar refractivity (Wildman–Crippen MR) is 548 cm³/mol. The van der Waals surface area contributed by atoms with Crippen LogP contribution < -0.4 is 0 Å². The summed E-state index contributed by atoms with van der Waals surface area (Å²) >= 11 is 0. The van der Waals surface area contributed by atoms with Crippen LogP contribution in [-0.4, -0.2) is 294 Å². The number of ether oxygens (including phenoxy) is 8. The van der Waals surface area contributed by atoms with E-state index >= 15 is 0 Å². The first kappa shape index (κ1) is 119. The molecular weight excluding hydrogens is 1870 g/mol. The van der Waals surface area contributed by atoms with Crippen LogP contribution in [0.25, 0.3) is 0 Å². The fourth-order valence-electron chi connectivity index (χ4n) is 34.7. The van der Waals surface area contributed by atoms with Crippen molar-refractivity contribution in [3.63, 3.8) is 0 Å². The lowest BCUT2D eigenvalue weighted by atomic mass is 9.38. The summed E-state index contributed by atoms with van der Waals surface area (Å²) in [5.74, 6) is 3.38. The van der Waals surface area contributed by atoms with Crippen molar-refractivity contribution >= 4 is 17.3 Å². The first-order valence-electron chi connectivity index (χ1n) is 56.5. The summed E-state index contributed by atoms with van der Waals surface area (Å²) < 4.78 is 47.6. The number of Topliss-reactive ketones (excluding diaryl/α,β-unsaturated/α-hetero) is 3. The first-order chi connectivity index (χ1) is 67.4. The minimum absolute atomic E-state index is 0.00909. The molecule has 18 N–H and O–H groups in total. The molecule has 4 saturated heterocycles. The topological polar surface area (TPSA) is 489 Å². The van der Waals surface area contributed by atoms with Crippen LogP contribution in [0.5, 0.6) is 0 Å².